The molecular weight excluding hydrogens is 252 g/mol. The van der Waals surface area contributed by atoms with Crippen LogP contribution in [0.2, 0.25) is 0 Å². The molecule has 3 rings (SSSR count). The van der Waals surface area contributed by atoms with Crippen LogP contribution in [0.1, 0.15) is 17.0 Å². The van der Waals surface area contributed by atoms with Gasteiger partial charge in [0.05, 0.1) is 0 Å². The number of benzene rings is 1. The van der Waals surface area contributed by atoms with Crippen molar-refractivity contribution >= 4 is 11.3 Å². The Morgan fingerprint density at radius 2 is 2.00 bits per heavy atom. The molecule has 0 saturated carbocycles. The van der Waals surface area contributed by atoms with Gasteiger partial charge < -0.3 is 10.5 Å². The zero-order valence-corrected chi connectivity index (χ0v) is 11.5. The first kappa shape index (κ1) is 12.5. The summed E-state index contributed by atoms with van der Waals surface area (Å²) in [6.45, 7) is 4.42. The van der Waals surface area contributed by atoms with Crippen molar-refractivity contribution < 1.29 is 4.74 Å². The monoisotopic (exact) mass is 268 g/mol. The van der Waals surface area contributed by atoms with Crippen molar-refractivity contribution in [2.45, 2.75) is 20.5 Å². The molecule has 0 aliphatic heterocycles. The SMILES string of the molecule is Cc1ccc(C)c(OCc2nnc3ccc(N)cn23)c1. The normalized spacial score (nSPS) is 10.9. The van der Waals surface area contributed by atoms with Gasteiger partial charge in [-0.15, -0.1) is 10.2 Å². The van der Waals surface area contributed by atoms with Crippen LogP contribution < -0.4 is 10.5 Å². The maximum atomic E-state index is 5.85. The molecule has 2 aromatic heterocycles. The minimum atomic E-state index is 0.356. The number of pyridine rings is 1. The first-order valence-electron chi connectivity index (χ1n) is 6.43. The fraction of sp³-hybridized carbons (Fsp3) is 0.200. The van der Waals surface area contributed by atoms with E-state index >= 15 is 0 Å². The molecule has 2 N–H and O–H groups in total. The summed E-state index contributed by atoms with van der Waals surface area (Å²) >= 11 is 0. The highest BCUT2D eigenvalue weighted by Crippen LogP contribution is 2.20. The van der Waals surface area contributed by atoms with Gasteiger partial charge in [0.15, 0.2) is 11.5 Å². The van der Waals surface area contributed by atoms with E-state index in [4.69, 9.17) is 10.5 Å². The number of nitrogens with two attached hydrogens (primary N) is 1. The Kier molecular flexibility index (Phi) is 3.02. The zero-order valence-electron chi connectivity index (χ0n) is 11.5. The van der Waals surface area contributed by atoms with Crippen LogP contribution in [0.4, 0.5) is 5.69 Å². The molecule has 0 radical (unpaired) electrons. The highest BCUT2D eigenvalue weighted by Gasteiger charge is 2.07. The predicted octanol–water partition coefficient (Wildman–Crippen LogP) is 2.51. The van der Waals surface area contributed by atoms with Crippen LogP contribution in [0.5, 0.6) is 5.75 Å². The predicted molar refractivity (Wildman–Crippen MR) is 77.6 cm³/mol. The van der Waals surface area contributed by atoms with Crippen LogP contribution in [0.25, 0.3) is 5.65 Å². The Hall–Kier alpha value is -2.56. The fourth-order valence-corrected chi connectivity index (χ4v) is 2.06. The lowest BCUT2D eigenvalue weighted by molar-refractivity contribution is 0.292. The maximum absolute atomic E-state index is 5.85. The van der Waals surface area contributed by atoms with E-state index in [0.717, 1.165) is 22.8 Å². The molecule has 3 aromatic rings. The van der Waals surface area contributed by atoms with E-state index in [0.29, 0.717) is 12.3 Å². The van der Waals surface area contributed by atoms with Gasteiger partial charge in [-0.2, -0.15) is 0 Å². The number of rotatable bonds is 3. The molecular formula is C15H16N4O. The molecule has 5 heteroatoms. The molecule has 20 heavy (non-hydrogen) atoms. The smallest absolute Gasteiger partial charge is 0.175 e. The number of nitrogen functional groups attached to an aromatic ring is 1. The number of aromatic nitrogens is 3. The molecule has 0 unspecified atom stereocenters. The average Bonchev–Trinajstić information content (AvgIpc) is 2.82. The Labute approximate surface area is 117 Å². The zero-order chi connectivity index (χ0) is 14.1. The summed E-state index contributed by atoms with van der Waals surface area (Å²) in [7, 11) is 0. The third-order valence-electron chi connectivity index (χ3n) is 3.20. The van der Waals surface area contributed by atoms with Crippen LogP contribution in [0.3, 0.4) is 0 Å². The van der Waals surface area contributed by atoms with Gasteiger partial charge >= 0.3 is 0 Å². The second-order valence-corrected chi connectivity index (χ2v) is 4.86. The third-order valence-corrected chi connectivity index (χ3v) is 3.20. The third kappa shape index (κ3) is 2.30. The van der Waals surface area contributed by atoms with Gasteiger partial charge in [-0.3, -0.25) is 4.40 Å². The Morgan fingerprint density at radius 3 is 2.85 bits per heavy atom. The minimum absolute atomic E-state index is 0.356. The van der Waals surface area contributed by atoms with Crippen molar-refractivity contribution in [3.63, 3.8) is 0 Å². The number of anilines is 1. The molecule has 0 aliphatic rings. The van der Waals surface area contributed by atoms with Crippen molar-refractivity contribution in [1.82, 2.24) is 14.6 Å². The van der Waals surface area contributed by atoms with Gasteiger partial charge in [-0.25, -0.2) is 0 Å². The summed E-state index contributed by atoms with van der Waals surface area (Å²) in [6.07, 6.45) is 1.80. The lowest BCUT2D eigenvalue weighted by Crippen LogP contribution is -2.03. The van der Waals surface area contributed by atoms with E-state index in [1.165, 1.54) is 5.56 Å². The summed E-state index contributed by atoms with van der Waals surface area (Å²) in [4.78, 5) is 0. The Balaban J connectivity index is 1.86. The van der Waals surface area contributed by atoms with E-state index in [9.17, 15) is 0 Å². The highest BCUT2D eigenvalue weighted by atomic mass is 16.5. The summed E-state index contributed by atoms with van der Waals surface area (Å²) < 4.78 is 7.69. The van der Waals surface area contributed by atoms with Crippen LogP contribution in [0, 0.1) is 13.8 Å². The molecule has 2 heterocycles. The standard InChI is InChI=1S/C15H16N4O/c1-10-3-4-11(2)13(7-10)20-9-15-18-17-14-6-5-12(16)8-19(14)15/h3-8H,9,16H2,1-2H3. The van der Waals surface area contributed by atoms with Gasteiger partial charge in [-0.05, 0) is 43.2 Å². The highest BCUT2D eigenvalue weighted by molar-refractivity contribution is 5.47. The second kappa shape index (κ2) is 4.85. The molecule has 0 saturated heterocycles. The number of nitrogens with zero attached hydrogens (tertiary/aromatic N) is 3. The number of aryl methyl sites for hydroxylation is 2. The molecule has 102 valence electrons. The van der Waals surface area contributed by atoms with Crippen molar-refractivity contribution in [2.24, 2.45) is 0 Å². The van der Waals surface area contributed by atoms with Crippen molar-refractivity contribution in [3.05, 3.63) is 53.5 Å². The first-order chi connectivity index (χ1) is 9.63. The lowest BCUT2D eigenvalue weighted by atomic mass is 10.1. The molecule has 0 aliphatic carbocycles. The Morgan fingerprint density at radius 1 is 1.15 bits per heavy atom. The fourth-order valence-electron chi connectivity index (χ4n) is 2.06. The molecule has 0 amide bonds. The van der Waals surface area contributed by atoms with Crippen LogP contribution in [0.15, 0.2) is 36.5 Å². The van der Waals surface area contributed by atoms with E-state index < -0.39 is 0 Å². The number of hydrogen-bond donors (Lipinski definition) is 1. The summed E-state index contributed by atoms with van der Waals surface area (Å²) in [5, 5.41) is 8.23. The largest absolute Gasteiger partial charge is 0.485 e. The van der Waals surface area contributed by atoms with E-state index in [1.54, 1.807) is 12.3 Å². The molecule has 0 bridgehead atoms. The van der Waals surface area contributed by atoms with E-state index in [-0.39, 0.29) is 0 Å². The van der Waals surface area contributed by atoms with Gasteiger partial charge in [0.25, 0.3) is 0 Å². The number of fused-ring (bicyclic) bond motifs is 1. The molecule has 1 aromatic carbocycles. The Bertz CT molecular complexity index is 764. The van der Waals surface area contributed by atoms with Gasteiger partial charge in [0.2, 0.25) is 0 Å². The quantitative estimate of drug-likeness (QED) is 0.792. The summed E-state index contributed by atoms with van der Waals surface area (Å²) in [6, 6.07) is 9.77. The van der Waals surface area contributed by atoms with Crippen LogP contribution >= 0.6 is 0 Å². The maximum Gasteiger partial charge on any atom is 0.175 e. The van der Waals surface area contributed by atoms with E-state index in [2.05, 4.69) is 16.3 Å². The molecule has 0 atom stereocenters. The number of ether oxygens (including phenoxy) is 1. The molecule has 0 fully saturated rings. The molecule has 5 nitrogen and oxygen atoms in total. The topological polar surface area (TPSA) is 65.4 Å². The van der Waals surface area contributed by atoms with Crippen molar-refractivity contribution in [3.8, 4) is 5.75 Å². The van der Waals surface area contributed by atoms with Gasteiger partial charge in [0, 0.05) is 11.9 Å². The summed E-state index contributed by atoms with van der Waals surface area (Å²) in [5.41, 5.74) is 9.49. The van der Waals surface area contributed by atoms with Crippen LogP contribution in [-0.4, -0.2) is 14.6 Å². The second-order valence-electron chi connectivity index (χ2n) is 4.86. The van der Waals surface area contributed by atoms with Crippen LogP contribution in [-0.2, 0) is 6.61 Å². The van der Waals surface area contributed by atoms with Crippen molar-refractivity contribution in [2.75, 3.05) is 5.73 Å². The van der Waals surface area contributed by atoms with Gasteiger partial charge in [0.1, 0.15) is 12.4 Å². The van der Waals surface area contributed by atoms with Crippen molar-refractivity contribution in [1.29, 1.82) is 0 Å². The minimum Gasteiger partial charge on any atom is -0.485 e. The lowest BCUT2D eigenvalue weighted by Gasteiger charge is -2.09. The molecule has 0 spiro atoms. The number of hydrogen-bond acceptors (Lipinski definition) is 4. The average molecular weight is 268 g/mol. The summed E-state index contributed by atoms with van der Waals surface area (Å²) in [5.74, 6) is 1.60. The first-order valence-corrected chi connectivity index (χ1v) is 6.43. The van der Waals surface area contributed by atoms with Gasteiger partial charge in [-0.1, -0.05) is 12.1 Å². The van der Waals surface area contributed by atoms with E-state index in [1.807, 2.05) is 36.4 Å².